The van der Waals surface area contributed by atoms with Gasteiger partial charge in [0.25, 0.3) is 0 Å². The number of aromatic nitrogens is 1. The second-order valence-electron chi connectivity index (χ2n) is 6.55. The Morgan fingerprint density at radius 1 is 1.29 bits per heavy atom. The third-order valence-electron chi connectivity index (χ3n) is 4.58. The predicted molar refractivity (Wildman–Crippen MR) is 86.6 cm³/mol. The highest BCUT2D eigenvalue weighted by atomic mass is 16.5. The van der Waals surface area contributed by atoms with E-state index in [-0.39, 0.29) is 11.5 Å². The zero-order chi connectivity index (χ0) is 14.9. The van der Waals surface area contributed by atoms with Crippen LogP contribution in [0, 0.1) is 5.41 Å². The van der Waals surface area contributed by atoms with Gasteiger partial charge in [0.1, 0.15) is 17.4 Å². The number of para-hydroxylation sites is 1. The van der Waals surface area contributed by atoms with Crippen LogP contribution in [0.4, 0.5) is 0 Å². The van der Waals surface area contributed by atoms with Gasteiger partial charge in [0.05, 0.1) is 0 Å². The summed E-state index contributed by atoms with van der Waals surface area (Å²) in [6.07, 6.45) is 4.32. The van der Waals surface area contributed by atoms with Gasteiger partial charge in [-0.05, 0) is 36.9 Å². The van der Waals surface area contributed by atoms with Crippen LogP contribution in [0.25, 0.3) is 10.9 Å². The quantitative estimate of drug-likeness (QED) is 0.927. The molecule has 1 aliphatic carbocycles. The van der Waals surface area contributed by atoms with Crippen molar-refractivity contribution in [1.82, 2.24) is 10.3 Å². The lowest BCUT2D eigenvalue weighted by Gasteiger charge is -2.31. The van der Waals surface area contributed by atoms with Crippen molar-refractivity contribution < 1.29 is 4.74 Å². The summed E-state index contributed by atoms with van der Waals surface area (Å²) in [5.41, 5.74) is 1.23. The molecule has 0 amide bonds. The van der Waals surface area contributed by atoms with E-state index in [2.05, 4.69) is 43.2 Å². The van der Waals surface area contributed by atoms with Gasteiger partial charge in [0.2, 0.25) is 0 Å². The van der Waals surface area contributed by atoms with Crippen molar-refractivity contribution in [3.8, 4) is 5.75 Å². The first-order chi connectivity index (χ1) is 10.1. The number of ether oxygens (including phenoxy) is 1. The summed E-state index contributed by atoms with van der Waals surface area (Å²) in [7, 11) is 0. The number of pyridine rings is 1. The SMILES string of the molecule is CCNC1C(Oc2cccc3cccnc23)CCC1(C)C. The summed E-state index contributed by atoms with van der Waals surface area (Å²) in [6.45, 7) is 7.78. The average molecular weight is 284 g/mol. The molecular formula is C18H24N2O. The van der Waals surface area contributed by atoms with Crippen molar-refractivity contribution in [3.63, 3.8) is 0 Å². The Labute approximate surface area is 126 Å². The minimum Gasteiger partial charge on any atom is -0.486 e. The maximum atomic E-state index is 6.36. The van der Waals surface area contributed by atoms with Gasteiger partial charge in [-0.3, -0.25) is 4.98 Å². The van der Waals surface area contributed by atoms with Crippen LogP contribution >= 0.6 is 0 Å². The van der Waals surface area contributed by atoms with Crippen molar-refractivity contribution in [1.29, 1.82) is 0 Å². The Morgan fingerprint density at radius 2 is 2.10 bits per heavy atom. The molecule has 3 rings (SSSR count). The van der Waals surface area contributed by atoms with Crippen LogP contribution in [0.15, 0.2) is 36.5 Å². The summed E-state index contributed by atoms with van der Waals surface area (Å²) in [5, 5.41) is 4.74. The van der Waals surface area contributed by atoms with Gasteiger partial charge in [-0.15, -0.1) is 0 Å². The van der Waals surface area contributed by atoms with Crippen LogP contribution < -0.4 is 10.1 Å². The van der Waals surface area contributed by atoms with Crippen LogP contribution in [0.2, 0.25) is 0 Å². The van der Waals surface area contributed by atoms with Crippen LogP contribution in [-0.2, 0) is 0 Å². The molecule has 3 nitrogen and oxygen atoms in total. The van der Waals surface area contributed by atoms with Gasteiger partial charge in [-0.1, -0.05) is 39.0 Å². The largest absolute Gasteiger partial charge is 0.486 e. The molecule has 0 saturated heterocycles. The van der Waals surface area contributed by atoms with E-state index in [0.29, 0.717) is 6.04 Å². The van der Waals surface area contributed by atoms with Gasteiger partial charge >= 0.3 is 0 Å². The molecule has 0 spiro atoms. The Bertz CT molecular complexity index is 618. The number of hydrogen-bond donors (Lipinski definition) is 1. The molecule has 1 heterocycles. The summed E-state index contributed by atoms with van der Waals surface area (Å²) in [5.74, 6) is 0.902. The maximum absolute atomic E-state index is 6.36. The Balaban J connectivity index is 1.88. The first-order valence-electron chi connectivity index (χ1n) is 7.85. The fourth-order valence-corrected chi connectivity index (χ4v) is 3.43. The topological polar surface area (TPSA) is 34.1 Å². The molecule has 1 fully saturated rings. The second-order valence-corrected chi connectivity index (χ2v) is 6.55. The van der Waals surface area contributed by atoms with E-state index in [0.717, 1.165) is 29.6 Å². The number of nitrogens with zero attached hydrogens (tertiary/aromatic N) is 1. The lowest BCUT2D eigenvalue weighted by atomic mass is 9.87. The van der Waals surface area contributed by atoms with Gasteiger partial charge in [-0.2, -0.15) is 0 Å². The number of fused-ring (bicyclic) bond motifs is 1. The fourth-order valence-electron chi connectivity index (χ4n) is 3.43. The summed E-state index contributed by atoms with van der Waals surface area (Å²) in [4.78, 5) is 4.49. The maximum Gasteiger partial charge on any atom is 0.146 e. The molecule has 1 aliphatic rings. The van der Waals surface area contributed by atoms with Crippen LogP contribution in [0.5, 0.6) is 5.75 Å². The molecule has 2 atom stereocenters. The fraction of sp³-hybridized carbons (Fsp3) is 0.500. The van der Waals surface area contributed by atoms with E-state index >= 15 is 0 Å². The molecule has 0 radical (unpaired) electrons. The molecule has 1 aromatic heterocycles. The van der Waals surface area contributed by atoms with E-state index in [1.54, 1.807) is 0 Å². The number of hydrogen-bond acceptors (Lipinski definition) is 3. The Kier molecular flexibility index (Phi) is 3.85. The minimum atomic E-state index is 0.215. The molecule has 0 bridgehead atoms. The summed E-state index contributed by atoms with van der Waals surface area (Å²) >= 11 is 0. The van der Waals surface area contributed by atoms with Gasteiger partial charge in [0, 0.05) is 17.6 Å². The monoisotopic (exact) mass is 284 g/mol. The molecule has 1 N–H and O–H groups in total. The number of nitrogens with one attached hydrogen (secondary N) is 1. The van der Waals surface area contributed by atoms with Crippen molar-refractivity contribution in [2.75, 3.05) is 6.54 Å². The van der Waals surface area contributed by atoms with Crippen LogP contribution in [0.1, 0.15) is 33.6 Å². The van der Waals surface area contributed by atoms with Gasteiger partial charge in [0.15, 0.2) is 0 Å². The summed E-state index contributed by atoms with van der Waals surface area (Å²) in [6, 6.07) is 10.6. The molecule has 112 valence electrons. The third kappa shape index (κ3) is 2.75. The van der Waals surface area contributed by atoms with Crippen LogP contribution in [0.3, 0.4) is 0 Å². The zero-order valence-electron chi connectivity index (χ0n) is 13.1. The predicted octanol–water partition coefficient (Wildman–Crippen LogP) is 3.78. The molecule has 21 heavy (non-hydrogen) atoms. The highest BCUT2D eigenvalue weighted by Gasteiger charge is 2.42. The van der Waals surface area contributed by atoms with Crippen LogP contribution in [-0.4, -0.2) is 23.7 Å². The lowest BCUT2D eigenvalue weighted by Crippen LogP contribution is -2.46. The highest BCUT2D eigenvalue weighted by Crippen LogP contribution is 2.40. The normalized spacial score (nSPS) is 24.3. The van der Waals surface area contributed by atoms with E-state index in [9.17, 15) is 0 Å². The highest BCUT2D eigenvalue weighted by molar-refractivity contribution is 5.84. The van der Waals surface area contributed by atoms with E-state index in [1.807, 2.05) is 24.4 Å². The van der Waals surface area contributed by atoms with Gasteiger partial charge in [-0.25, -0.2) is 0 Å². The van der Waals surface area contributed by atoms with Crippen molar-refractivity contribution in [2.24, 2.45) is 5.41 Å². The van der Waals surface area contributed by atoms with Crippen molar-refractivity contribution in [2.45, 2.75) is 45.8 Å². The van der Waals surface area contributed by atoms with Crippen molar-refractivity contribution >= 4 is 10.9 Å². The molecule has 3 heteroatoms. The summed E-state index contributed by atoms with van der Waals surface area (Å²) < 4.78 is 6.36. The number of rotatable bonds is 4. The lowest BCUT2D eigenvalue weighted by molar-refractivity contribution is 0.143. The van der Waals surface area contributed by atoms with E-state index < -0.39 is 0 Å². The number of benzene rings is 1. The minimum absolute atomic E-state index is 0.215. The molecule has 2 aromatic rings. The van der Waals surface area contributed by atoms with Crippen molar-refractivity contribution in [3.05, 3.63) is 36.5 Å². The number of likely N-dealkylation sites (N-methyl/N-ethyl adjacent to an activating group) is 1. The molecular weight excluding hydrogens is 260 g/mol. The zero-order valence-corrected chi connectivity index (χ0v) is 13.1. The first kappa shape index (κ1) is 14.3. The Hall–Kier alpha value is -1.61. The molecule has 1 saturated carbocycles. The third-order valence-corrected chi connectivity index (χ3v) is 4.58. The smallest absolute Gasteiger partial charge is 0.146 e. The van der Waals surface area contributed by atoms with Gasteiger partial charge < -0.3 is 10.1 Å². The standard InChI is InChI=1S/C18H24N2O/c1-4-19-17-15(10-11-18(17,2)3)21-14-9-5-7-13-8-6-12-20-16(13)14/h5-9,12,15,17,19H,4,10-11H2,1-3H3. The second kappa shape index (κ2) is 5.64. The van der Waals surface area contributed by atoms with E-state index in [1.165, 1.54) is 6.42 Å². The molecule has 2 unspecified atom stereocenters. The molecule has 0 aliphatic heterocycles. The first-order valence-corrected chi connectivity index (χ1v) is 7.85. The average Bonchev–Trinajstić information content (AvgIpc) is 2.76. The molecule has 1 aromatic carbocycles. The van der Waals surface area contributed by atoms with E-state index in [4.69, 9.17) is 4.74 Å². The Morgan fingerprint density at radius 3 is 2.90 bits per heavy atom.